The number of carbonyl (C=O) groups is 1. The number of aromatic nitrogens is 5. The van der Waals surface area contributed by atoms with Crippen molar-refractivity contribution >= 4 is 34.5 Å². The van der Waals surface area contributed by atoms with Gasteiger partial charge in [-0.1, -0.05) is 11.6 Å². The van der Waals surface area contributed by atoms with Crippen LogP contribution in [0.2, 0.25) is 4.34 Å². The Morgan fingerprint density at radius 1 is 1.29 bits per heavy atom. The topological polar surface area (TPSA) is 68.3 Å². The number of aryl methyl sites for hydroxylation is 1. The molecule has 4 aromatic rings. The number of nitrogens with zero attached hydrogens (tertiary/aromatic N) is 6. The zero-order chi connectivity index (χ0) is 22.3. The van der Waals surface area contributed by atoms with Gasteiger partial charge in [-0.2, -0.15) is 23.4 Å². The lowest BCUT2D eigenvalue weighted by Gasteiger charge is -2.14. The van der Waals surface area contributed by atoms with Crippen LogP contribution >= 0.6 is 22.9 Å². The van der Waals surface area contributed by atoms with Crippen molar-refractivity contribution in [2.24, 2.45) is 0 Å². The molecule has 0 radical (unpaired) electrons. The van der Waals surface area contributed by atoms with E-state index in [1.54, 1.807) is 36.3 Å². The van der Waals surface area contributed by atoms with Gasteiger partial charge in [0.25, 0.3) is 5.91 Å². The molecule has 4 aromatic heterocycles. The van der Waals surface area contributed by atoms with Crippen LogP contribution in [0.3, 0.4) is 0 Å². The summed E-state index contributed by atoms with van der Waals surface area (Å²) < 4.78 is 43.9. The number of thiophene rings is 1. The van der Waals surface area contributed by atoms with Crippen molar-refractivity contribution in [3.05, 3.63) is 57.9 Å². The third kappa shape index (κ3) is 4.28. The van der Waals surface area contributed by atoms with Gasteiger partial charge < -0.3 is 4.90 Å². The second-order valence-electron chi connectivity index (χ2n) is 6.79. The molecule has 0 bridgehead atoms. The minimum Gasteiger partial charge on any atom is -0.336 e. The SMILES string of the molecule is CCn1cc(CN(C)C(=O)c2cc3nc(-c4ccc(Cl)s4)cc(C(F)(F)F)n3n2)cn1. The third-order valence-corrected chi connectivity index (χ3v) is 5.79. The van der Waals surface area contributed by atoms with Crippen LogP contribution in [-0.2, 0) is 19.3 Å². The van der Waals surface area contributed by atoms with Crippen LogP contribution in [0.5, 0.6) is 0 Å². The number of amides is 1. The predicted molar refractivity (Wildman–Crippen MR) is 110 cm³/mol. The van der Waals surface area contributed by atoms with Crippen LogP contribution in [0.1, 0.15) is 28.7 Å². The molecule has 0 spiro atoms. The van der Waals surface area contributed by atoms with E-state index in [1.165, 1.54) is 11.0 Å². The Bertz CT molecular complexity index is 1260. The van der Waals surface area contributed by atoms with Crippen LogP contribution < -0.4 is 0 Å². The van der Waals surface area contributed by atoms with Gasteiger partial charge in [0.2, 0.25) is 0 Å². The Morgan fingerprint density at radius 3 is 2.68 bits per heavy atom. The monoisotopic (exact) mass is 468 g/mol. The smallest absolute Gasteiger partial charge is 0.336 e. The fourth-order valence-corrected chi connectivity index (χ4v) is 4.07. The van der Waals surface area contributed by atoms with Crippen LogP contribution in [-0.4, -0.2) is 42.2 Å². The van der Waals surface area contributed by atoms with Gasteiger partial charge in [0.1, 0.15) is 0 Å². The molecule has 0 aliphatic rings. The van der Waals surface area contributed by atoms with Crippen molar-refractivity contribution < 1.29 is 18.0 Å². The fourth-order valence-electron chi connectivity index (χ4n) is 3.06. The highest BCUT2D eigenvalue weighted by atomic mass is 35.5. The number of hydrogen-bond donors (Lipinski definition) is 0. The largest absolute Gasteiger partial charge is 0.433 e. The molecule has 0 unspecified atom stereocenters. The van der Waals surface area contributed by atoms with E-state index >= 15 is 0 Å². The van der Waals surface area contributed by atoms with Crippen molar-refractivity contribution in [2.75, 3.05) is 7.05 Å². The van der Waals surface area contributed by atoms with E-state index in [2.05, 4.69) is 15.2 Å². The predicted octanol–water partition coefficient (Wildman–Crippen LogP) is 4.62. The summed E-state index contributed by atoms with van der Waals surface area (Å²) in [6.45, 7) is 2.87. The molecule has 0 saturated heterocycles. The second kappa shape index (κ2) is 7.97. The normalized spacial score (nSPS) is 11.9. The molecule has 0 fully saturated rings. The lowest BCUT2D eigenvalue weighted by molar-refractivity contribution is -0.142. The van der Waals surface area contributed by atoms with Crippen molar-refractivity contribution in [2.45, 2.75) is 26.2 Å². The molecule has 162 valence electrons. The van der Waals surface area contributed by atoms with Gasteiger partial charge in [0.15, 0.2) is 17.0 Å². The van der Waals surface area contributed by atoms with E-state index in [1.807, 2.05) is 6.92 Å². The van der Waals surface area contributed by atoms with Crippen molar-refractivity contribution in [3.63, 3.8) is 0 Å². The average Bonchev–Trinajstić information content (AvgIpc) is 3.44. The molecule has 0 N–H and O–H groups in total. The van der Waals surface area contributed by atoms with Gasteiger partial charge in [-0.05, 0) is 25.1 Å². The molecular formula is C19H16ClF3N6OS. The standard InChI is InChI=1S/C19H16ClF3N6OS/c1-3-28-10-11(8-24-28)9-27(2)18(30)13-7-17-25-12(14-4-5-16(20)31-14)6-15(19(21,22)23)29(17)26-13/h4-8,10H,3,9H2,1-2H3. The van der Waals surface area contributed by atoms with Gasteiger partial charge in [-0.3, -0.25) is 9.48 Å². The highest BCUT2D eigenvalue weighted by molar-refractivity contribution is 7.19. The lowest BCUT2D eigenvalue weighted by Crippen LogP contribution is -2.26. The number of carbonyl (C=O) groups excluding carboxylic acids is 1. The molecule has 0 aliphatic heterocycles. The molecule has 0 aliphatic carbocycles. The van der Waals surface area contributed by atoms with Gasteiger partial charge in [-0.25, -0.2) is 9.50 Å². The molecule has 1 amide bonds. The van der Waals surface area contributed by atoms with E-state index in [0.29, 0.717) is 20.3 Å². The fraction of sp³-hybridized carbons (Fsp3) is 0.263. The van der Waals surface area contributed by atoms with E-state index in [9.17, 15) is 18.0 Å². The van der Waals surface area contributed by atoms with Crippen molar-refractivity contribution in [3.8, 4) is 10.6 Å². The first-order valence-corrected chi connectivity index (χ1v) is 10.4. The summed E-state index contributed by atoms with van der Waals surface area (Å²) in [7, 11) is 1.55. The Kier molecular flexibility index (Phi) is 5.48. The van der Waals surface area contributed by atoms with Gasteiger partial charge in [0.05, 0.1) is 21.1 Å². The maximum absolute atomic E-state index is 13.7. The second-order valence-corrected chi connectivity index (χ2v) is 8.51. The molecule has 0 atom stereocenters. The van der Waals surface area contributed by atoms with Gasteiger partial charge in [-0.15, -0.1) is 11.3 Å². The van der Waals surface area contributed by atoms with Crippen LogP contribution in [0, 0.1) is 0 Å². The maximum Gasteiger partial charge on any atom is 0.433 e. The summed E-state index contributed by atoms with van der Waals surface area (Å²) in [5.41, 5.74) is -0.332. The molecule has 4 rings (SSSR count). The highest BCUT2D eigenvalue weighted by Gasteiger charge is 2.36. The molecule has 12 heteroatoms. The molecular weight excluding hydrogens is 453 g/mol. The molecule has 31 heavy (non-hydrogen) atoms. The maximum atomic E-state index is 13.7. The van der Waals surface area contributed by atoms with Gasteiger partial charge >= 0.3 is 6.18 Å². The number of halogens is 4. The van der Waals surface area contributed by atoms with Crippen molar-refractivity contribution in [1.82, 2.24) is 29.3 Å². The quantitative estimate of drug-likeness (QED) is 0.428. The number of alkyl halides is 3. The van der Waals surface area contributed by atoms with E-state index < -0.39 is 17.8 Å². The van der Waals surface area contributed by atoms with Crippen molar-refractivity contribution in [1.29, 1.82) is 0 Å². The Balaban J connectivity index is 1.71. The zero-order valence-electron chi connectivity index (χ0n) is 16.4. The summed E-state index contributed by atoms with van der Waals surface area (Å²) in [6, 6.07) is 5.34. The summed E-state index contributed by atoms with van der Waals surface area (Å²) in [5.74, 6) is -0.524. The molecule has 0 saturated carbocycles. The Morgan fingerprint density at radius 2 is 2.06 bits per heavy atom. The minimum absolute atomic E-state index is 0.0788. The van der Waals surface area contributed by atoms with E-state index in [-0.39, 0.29) is 23.6 Å². The Labute approximate surface area is 183 Å². The summed E-state index contributed by atoms with van der Waals surface area (Å²) in [4.78, 5) is 18.9. The average molecular weight is 469 g/mol. The van der Waals surface area contributed by atoms with Crippen LogP contribution in [0.25, 0.3) is 16.2 Å². The number of rotatable bonds is 5. The zero-order valence-corrected chi connectivity index (χ0v) is 18.0. The summed E-state index contributed by atoms with van der Waals surface area (Å²) in [5, 5.41) is 8.05. The number of hydrogen-bond acceptors (Lipinski definition) is 5. The van der Waals surface area contributed by atoms with Gasteiger partial charge in [0, 0.05) is 38.0 Å². The molecule has 4 heterocycles. The molecule has 7 nitrogen and oxygen atoms in total. The minimum atomic E-state index is -4.69. The first kappa shape index (κ1) is 21.3. The summed E-state index contributed by atoms with van der Waals surface area (Å²) >= 11 is 7.03. The van der Waals surface area contributed by atoms with E-state index in [4.69, 9.17) is 11.6 Å². The first-order valence-electron chi connectivity index (χ1n) is 9.16. The van der Waals surface area contributed by atoms with E-state index in [0.717, 1.165) is 23.0 Å². The highest BCUT2D eigenvalue weighted by Crippen LogP contribution is 2.35. The van der Waals surface area contributed by atoms with Crippen LogP contribution in [0.4, 0.5) is 13.2 Å². The summed E-state index contributed by atoms with van der Waals surface area (Å²) in [6.07, 6.45) is -1.25. The Hall–Kier alpha value is -2.92. The van der Waals surface area contributed by atoms with Crippen LogP contribution in [0.15, 0.2) is 36.7 Å². The third-order valence-electron chi connectivity index (χ3n) is 4.54. The first-order chi connectivity index (χ1) is 14.7. The molecule has 0 aromatic carbocycles. The lowest BCUT2D eigenvalue weighted by atomic mass is 10.2. The number of fused-ring (bicyclic) bond motifs is 1.